The number of aromatic nitrogens is 4. The SMILES string of the molecule is c1ccc(B2c3c(c4ccccc4n3-c3ccccc3)N(c3ncc4c(n3)sc3ccccc34)c3c2n(-c2ccccc2)c2ccccc32)cc1. The molecule has 0 unspecified atom stereocenters. The molecular weight excluding hydrogens is 641 g/mol. The van der Waals surface area contributed by atoms with Crippen LogP contribution in [0.2, 0.25) is 0 Å². The number of rotatable bonds is 4. The summed E-state index contributed by atoms with van der Waals surface area (Å²) in [6.07, 6.45) is 2.02. The van der Waals surface area contributed by atoms with Crippen LogP contribution in [-0.4, -0.2) is 25.8 Å². The quantitative estimate of drug-likeness (QED) is 0.176. The summed E-state index contributed by atoms with van der Waals surface area (Å²) < 4.78 is 6.14. The maximum Gasteiger partial charge on any atom is 0.289 e. The Morgan fingerprint density at radius 1 is 0.471 bits per heavy atom. The van der Waals surface area contributed by atoms with Gasteiger partial charge in [-0.2, -0.15) is 0 Å². The van der Waals surface area contributed by atoms with Crippen molar-refractivity contribution in [3.63, 3.8) is 0 Å². The van der Waals surface area contributed by atoms with Crippen molar-refractivity contribution in [2.75, 3.05) is 4.90 Å². The first-order valence-corrected chi connectivity index (χ1v) is 18.0. The summed E-state index contributed by atoms with van der Waals surface area (Å²) in [5.41, 5.74) is 10.3. The van der Waals surface area contributed by atoms with Gasteiger partial charge in [-0.1, -0.05) is 127 Å². The van der Waals surface area contributed by atoms with Crippen molar-refractivity contribution in [1.29, 1.82) is 0 Å². The van der Waals surface area contributed by atoms with Crippen LogP contribution in [0.4, 0.5) is 17.3 Å². The summed E-state index contributed by atoms with van der Waals surface area (Å²) in [5, 5.41) is 4.57. The van der Waals surface area contributed by atoms with Crippen molar-refractivity contribution in [3.8, 4) is 11.4 Å². The predicted molar refractivity (Wildman–Crippen MR) is 214 cm³/mol. The standard InChI is InChI=1S/C44H28BN5S/c1-4-16-29(17-5-1)45-41-39(33-23-10-13-25-36(33)48(41)30-18-6-2-7-19-30)50(44-46-28-35-32-22-12-15-27-38(32)51-43(35)47-44)40-34-24-11-14-26-37(34)49(42(40)45)31-20-8-3-9-21-31/h1-28H. The largest absolute Gasteiger partial charge is 0.319 e. The number of hydrogen-bond donors (Lipinski definition) is 0. The van der Waals surface area contributed by atoms with E-state index in [9.17, 15) is 0 Å². The molecular formula is C44H28BN5S. The molecule has 4 aromatic heterocycles. The molecule has 0 saturated carbocycles. The first-order chi connectivity index (χ1) is 25.3. The van der Waals surface area contributed by atoms with Crippen LogP contribution in [0.15, 0.2) is 170 Å². The van der Waals surface area contributed by atoms with Crippen LogP contribution < -0.4 is 21.5 Å². The fourth-order valence-corrected chi connectivity index (χ4v) is 9.25. The van der Waals surface area contributed by atoms with Gasteiger partial charge in [0.05, 0.1) is 22.4 Å². The van der Waals surface area contributed by atoms with Crippen LogP contribution in [0, 0.1) is 0 Å². The molecule has 5 heterocycles. The van der Waals surface area contributed by atoms with Crippen molar-refractivity contribution < 1.29 is 0 Å². The van der Waals surface area contributed by atoms with Crippen molar-refractivity contribution in [1.82, 2.24) is 19.1 Å². The molecule has 51 heavy (non-hydrogen) atoms. The number of para-hydroxylation sites is 4. The van der Waals surface area contributed by atoms with Gasteiger partial charge in [0, 0.05) is 55.0 Å². The minimum Gasteiger partial charge on any atom is -0.319 e. The van der Waals surface area contributed by atoms with Crippen molar-refractivity contribution in [3.05, 3.63) is 170 Å². The van der Waals surface area contributed by atoms with E-state index in [-0.39, 0.29) is 6.71 Å². The Morgan fingerprint density at radius 2 is 0.961 bits per heavy atom. The van der Waals surface area contributed by atoms with Gasteiger partial charge in [0.15, 0.2) is 0 Å². The first kappa shape index (κ1) is 28.4. The van der Waals surface area contributed by atoms with Gasteiger partial charge in [-0.15, -0.1) is 11.3 Å². The van der Waals surface area contributed by atoms with Crippen molar-refractivity contribution in [2.24, 2.45) is 0 Å². The van der Waals surface area contributed by atoms with E-state index in [1.807, 2.05) is 6.20 Å². The van der Waals surface area contributed by atoms with Gasteiger partial charge in [0.2, 0.25) is 5.95 Å². The Bertz CT molecular complexity index is 2800. The van der Waals surface area contributed by atoms with Gasteiger partial charge < -0.3 is 9.13 Å². The Balaban J connectivity index is 1.35. The topological polar surface area (TPSA) is 38.9 Å². The minimum absolute atomic E-state index is 0.124. The molecule has 1 aliphatic heterocycles. The monoisotopic (exact) mass is 669 g/mol. The Labute approximate surface area is 298 Å². The molecule has 1 aliphatic rings. The molecule has 0 amide bonds. The molecule has 7 heteroatoms. The number of thiophene rings is 1. The average molecular weight is 670 g/mol. The summed E-state index contributed by atoms with van der Waals surface area (Å²) in [4.78, 5) is 14.0. The van der Waals surface area contributed by atoms with E-state index in [2.05, 4.69) is 178 Å². The second-order valence-corrected chi connectivity index (χ2v) is 14.0. The number of hydrogen-bond acceptors (Lipinski definition) is 4. The summed E-state index contributed by atoms with van der Waals surface area (Å²) in [5.74, 6) is 0.662. The molecule has 6 aromatic carbocycles. The van der Waals surface area contributed by atoms with E-state index in [4.69, 9.17) is 9.97 Å². The highest BCUT2D eigenvalue weighted by molar-refractivity contribution is 7.25. The minimum atomic E-state index is -0.124. The molecule has 0 bridgehead atoms. The highest BCUT2D eigenvalue weighted by Gasteiger charge is 2.45. The zero-order chi connectivity index (χ0) is 33.5. The number of benzene rings is 6. The molecule has 0 aliphatic carbocycles. The fourth-order valence-electron chi connectivity index (χ4n) is 8.21. The van der Waals surface area contributed by atoms with Crippen LogP contribution in [-0.2, 0) is 0 Å². The zero-order valence-corrected chi connectivity index (χ0v) is 28.2. The number of fused-ring (bicyclic) bond motifs is 9. The van der Waals surface area contributed by atoms with Gasteiger partial charge in [0.1, 0.15) is 4.83 Å². The Morgan fingerprint density at radius 3 is 1.55 bits per heavy atom. The van der Waals surface area contributed by atoms with E-state index in [0.29, 0.717) is 5.95 Å². The lowest BCUT2D eigenvalue weighted by Gasteiger charge is -2.34. The van der Waals surface area contributed by atoms with Crippen molar-refractivity contribution >= 4 is 94.1 Å². The molecule has 0 atom stereocenters. The van der Waals surface area contributed by atoms with E-state index in [0.717, 1.165) is 54.8 Å². The molecule has 0 saturated heterocycles. The summed E-state index contributed by atoms with van der Waals surface area (Å²) in [7, 11) is 0. The molecule has 5 nitrogen and oxygen atoms in total. The molecule has 238 valence electrons. The molecule has 0 N–H and O–H groups in total. The highest BCUT2D eigenvalue weighted by Crippen LogP contribution is 2.46. The lowest BCUT2D eigenvalue weighted by atomic mass is 9.38. The third kappa shape index (κ3) is 4.10. The first-order valence-electron chi connectivity index (χ1n) is 17.2. The fraction of sp³-hybridized carbons (Fsp3) is 0. The van der Waals surface area contributed by atoms with E-state index in [1.165, 1.54) is 26.7 Å². The van der Waals surface area contributed by atoms with E-state index in [1.54, 1.807) is 11.3 Å². The van der Waals surface area contributed by atoms with Gasteiger partial charge in [-0.25, -0.2) is 9.97 Å². The van der Waals surface area contributed by atoms with Crippen LogP contribution >= 0.6 is 11.3 Å². The highest BCUT2D eigenvalue weighted by atomic mass is 32.1. The molecule has 0 fully saturated rings. The van der Waals surface area contributed by atoms with Crippen LogP contribution in [0.25, 0.3) is 53.5 Å². The third-order valence-corrected chi connectivity index (χ3v) is 11.3. The molecule has 0 radical (unpaired) electrons. The summed E-state index contributed by atoms with van der Waals surface area (Å²) in [6.45, 7) is -0.124. The Kier molecular flexibility index (Phi) is 6.15. The average Bonchev–Trinajstić information content (AvgIpc) is 3.86. The van der Waals surface area contributed by atoms with Gasteiger partial charge >= 0.3 is 0 Å². The number of anilines is 3. The molecule has 10 aromatic rings. The second-order valence-electron chi connectivity index (χ2n) is 13.0. The summed E-state index contributed by atoms with van der Waals surface area (Å²) >= 11 is 1.72. The second kappa shape index (κ2) is 11.0. The lowest BCUT2D eigenvalue weighted by Crippen LogP contribution is -2.60. The van der Waals surface area contributed by atoms with Crippen LogP contribution in [0.3, 0.4) is 0 Å². The van der Waals surface area contributed by atoms with Gasteiger partial charge in [-0.05, 0) is 42.5 Å². The van der Waals surface area contributed by atoms with Crippen LogP contribution in [0.1, 0.15) is 0 Å². The lowest BCUT2D eigenvalue weighted by molar-refractivity contribution is 1.10. The number of nitrogens with zero attached hydrogens (tertiary/aromatic N) is 5. The van der Waals surface area contributed by atoms with Crippen LogP contribution in [0.5, 0.6) is 0 Å². The predicted octanol–water partition coefficient (Wildman–Crippen LogP) is 9.03. The van der Waals surface area contributed by atoms with E-state index < -0.39 is 0 Å². The zero-order valence-electron chi connectivity index (χ0n) is 27.4. The maximum absolute atomic E-state index is 5.42. The van der Waals surface area contributed by atoms with Gasteiger partial charge in [0.25, 0.3) is 6.71 Å². The van der Waals surface area contributed by atoms with Crippen molar-refractivity contribution in [2.45, 2.75) is 0 Å². The maximum atomic E-state index is 5.42. The normalized spacial score (nSPS) is 12.6. The third-order valence-electron chi connectivity index (χ3n) is 10.2. The smallest absolute Gasteiger partial charge is 0.289 e. The van der Waals surface area contributed by atoms with Gasteiger partial charge in [-0.3, -0.25) is 4.90 Å². The summed E-state index contributed by atoms with van der Waals surface area (Å²) in [6, 6.07) is 58.5. The Hall–Kier alpha value is -6.44. The molecule has 11 rings (SSSR count). The molecule has 0 spiro atoms. The van der Waals surface area contributed by atoms with E-state index >= 15 is 0 Å².